The Labute approximate surface area is 139 Å². The molecule has 1 aromatic carbocycles. The number of rotatable bonds is 3. The van der Waals surface area contributed by atoms with E-state index < -0.39 is 0 Å². The smallest absolute Gasteiger partial charge is 0.280 e. The summed E-state index contributed by atoms with van der Waals surface area (Å²) in [6.07, 6.45) is 1.79. The topological polar surface area (TPSA) is 43.6 Å². The predicted octanol–water partition coefficient (Wildman–Crippen LogP) is 3.64. The Hall–Kier alpha value is 0.0462. The van der Waals surface area contributed by atoms with Gasteiger partial charge in [-0.25, -0.2) is 0 Å². The molecule has 0 aliphatic heterocycles. The van der Waals surface area contributed by atoms with E-state index in [4.69, 9.17) is 11.6 Å². The van der Waals surface area contributed by atoms with E-state index in [9.17, 15) is 0 Å². The second-order valence-corrected chi connectivity index (χ2v) is 12.0. The van der Waals surface area contributed by atoms with Crippen molar-refractivity contribution in [3.63, 3.8) is 0 Å². The molecule has 0 bridgehead atoms. The van der Waals surface area contributed by atoms with E-state index in [0.717, 1.165) is 11.1 Å². The maximum absolute atomic E-state index is 5.95. The minimum Gasteiger partial charge on any atom is -0.280 e. The molecule has 2 rings (SSSR count). The number of aryl methyl sites for hydroxylation is 1. The molecular weight excluding hydrogens is 408 g/mol. The van der Waals surface area contributed by atoms with Crippen molar-refractivity contribution in [2.45, 2.75) is 13.5 Å². The third-order valence-electron chi connectivity index (χ3n) is 2.19. The Bertz CT molecular complexity index is 547. The zero-order valence-electron chi connectivity index (χ0n) is 10.4. The molecule has 0 spiro atoms. The van der Waals surface area contributed by atoms with Crippen LogP contribution < -0.4 is 0 Å². The van der Waals surface area contributed by atoms with Crippen LogP contribution in [0.1, 0.15) is 17.0 Å². The second-order valence-electron chi connectivity index (χ2n) is 3.52. The molecule has 0 atom stereocenters. The van der Waals surface area contributed by atoms with Crippen LogP contribution in [0.4, 0.5) is 0 Å². The van der Waals surface area contributed by atoms with Gasteiger partial charge in [0.25, 0.3) is 0 Å². The molecule has 0 saturated carbocycles. The first-order valence-corrected chi connectivity index (χ1v) is 13.6. The monoisotopic (exact) mass is 416 g/mol. The Kier molecular flexibility index (Phi) is 8.16. The molecule has 0 aliphatic rings. The lowest BCUT2D eigenvalue weighted by Gasteiger charge is -2.05. The Balaban J connectivity index is 0.000000550. The number of nitrogens with zero attached hydrogens (tertiary/aromatic N) is 4. The average molecular weight is 419 g/mol. The number of benzene rings is 1. The predicted molar refractivity (Wildman–Crippen MR) is 86.8 cm³/mol. The lowest BCUT2D eigenvalue weighted by Crippen LogP contribution is -2.05. The number of hydrogen-bond donors (Lipinski definition) is 0. The Morgan fingerprint density at radius 1 is 1.47 bits per heavy atom. The average Bonchev–Trinajstić information content (AvgIpc) is 2.76. The molecule has 0 saturated heterocycles. The quantitative estimate of drug-likeness (QED) is 0.715. The van der Waals surface area contributed by atoms with Crippen molar-refractivity contribution in [3.05, 3.63) is 46.8 Å². The summed E-state index contributed by atoms with van der Waals surface area (Å²) in [5.41, 5.74) is 2.05. The third kappa shape index (κ3) is 5.91. The van der Waals surface area contributed by atoms with Crippen molar-refractivity contribution >= 4 is 59.5 Å². The molecule has 2 aromatic rings. The van der Waals surface area contributed by atoms with E-state index in [-0.39, 0.29) is 16.0 Å². The molecule has 8 heteroatoms. The van der Waals surface area contributed by atoms with Crippen LogP contribution >= 0.6 is 37.4 Å². The zero-order valence-corrected chi connectivity index (χ0v) is 15.7. The van der Waals surface area contributed by atoms with Crippen LogP contribution in [0.15, 0.2) is 24.8 Å². The van der Waals surface area contributed by atoms with Crippen LogP contribution in [0.25, 0.3) is 6.08 Å². The van der Waals surface area contributed by atoms with E-state index in [2.05, 4.69) is 47.8 Å². The van der Waals surface area contributed by atoms with Gasteiger partial charge in [-0.05, 0) is 35.4 Å². The maximum atomic E-state index is 5.95. The summed E-state index contributed by atoms with van der Waals surface area (Å²) in [5, 5.41) is 12.5. The maximum Gasteiger partial charge on any atom is 0.560 e. The molecule has 4 nitrogen and oxygen atoms in total. The van der Waals surface area contributed by atoms with E-state index in [1.165, 1.54) is 4.80 Å². The van der Waals surface area contributed by atoms with Crippen molar-refractivity contribution in [1.29, 1.82) is 0 Å². The first kappa shape index (κ1) is 17.1. The fraction of sp³-hybridized carbons (Fsp3) is 0.182. The second kappa shape index (κ2) is 9.07. The summed E-state index contributed by atoms with van der Waals surface area (Å²) in [5.74, 6) is 0.655. The highest BCUT2D eigenvalue weighted by atomic mass is 79.9. The van der Waals surface area contributed by atoms with Crippen molar-refractivity contribution < 1.29 is 0 Å². The number of tetrazole rings is 1. The summed E-state index contributed by atoms with van der Waals surface area (Å²) >= 11 is 12.4. The molecule has 1 heterocycles. The molecule has 0 fully saturated rings. The van der Waals surface area contributed by atoms with Gasteiger partial charge in [-0.15, -0.1) is 10.2 Å². The normalized spacial score (nSPS) is 9.26. The van der Waals surface area contributed by atoms with Gasteiger partial charge in [0.05, 0.1) is 6.54 Å². The van der Waals surface area contributed by atoms with E-state index in [1.54, 1.807) is 13.0 Å². The summed E-state index contributed by atoms with van der Waals surface area (Å²) in [6.45, 7) is 6.11. The minimum absolute atomic E-state index is 0.0417. The molecule has 0 N–H and O–H groups in total. The van der Waals surface area contributed by atoms with Crippen LogP contribution in [-0.2, 0) is 6.54 Å². The number of aromatic nitrogens is 4. The number of hydrogen-bond acceptors (Lipinski definition) is 3. The van der Waals surface area contributed by atoms with E-state index in [0.29, 0.717) is 17.4 Å². The Morgan fingerprint density at radius 3 is 2.68 bits per heavy atom. The summed E-state index contributed by atoms with van der Waals surface area (Å²) in [6, 6.07) is 5.65. The Morgan fingerprint density at radius 2 is 2.16 bits per heavy atom. The van der Waals surface area contributed by atoms with Gasteiger partial charge in [-0.3, -0.25) is 25.8 Å². The lowest BCUT2D eigenvalue weighted by atomic mass is 10.1. The van der Waals surface area contributed by atoms with Gasteiger partial charge in [0.2, 0.25) is 0 Å². The number of halogens is 3. The molecule has 0 unspecified atom stereocenters. The van der Waals surface area contributed by atoms with Gasteiger partial charge in [0.1, 0.15) is 0 Å². The standard InChI is InChI=1S/C11H11ClN4.2BrH.Mg/c1-3-9-4-5-11(12)6-10(9)7-16-14-8(2)13-15-16;;;/h3-6H,1,7H2,2H3;2*1H;/q;;;+2/p-2. The van der Waals surface area contributed by atoms with Crippen LogP contribution in [0.5, 0.6) is 0 Å². The minimum atomic E-state index is 0.0417. The van der Waals surface area contributed by atoms with E-state index >= 15 is 0 Å². The molecular formula is C11H11Br2ClMgN4. The van der Waals surface area contributed by atoms with Gasteiger partial charge in [0.15, 0.2) is 5.82 Å². The highest BCUT2D eigenvalue weighted by Crippen LogP contribution is 2.17. The highest BCUT2D eigenvalue weighted by Gasteiger charge is 2.04. The summed E-state index contributed by atoms with van der Waals surface area (Å²) in [4.78, 5) is 1.54. The molecule has 19 heavy (non-hydrogen) atoms. The van der Waals surface area contributed by atoms with Crippen molar-refractivity contribution in [1.82, 2.24) is 20.2 Å². The zero-order chi connectivity index (χ0) is 14.3. The lowest BCUT2D eigenvalue weighted by molar-refractivity contribution is 0.571. The highest BCUT2D eigenvalue weighted by molar-refractivity contribution is 9.47. The first-order chi connectivity index (χ1) is 9.10. The fourth-order valence-corrected chi connectivity index (χ4v) is 1.65. The summed E-state index contributed by atoms with van der Waals surface area (Å²) in [7, 11) is 0. The van der Waals surface area contributed by atoms with Crippen LogP contribution in [0, 0.1) is 6.92 Å². The third-order valence-corrected chi connectivity index (χ3v) is 2.42. The molecule has 1 aromatic heterocycles. The van der Waals surface area contributed by atoms with Gasteiger partial charge < -0.3 is 0 Å². The van der Waals surface area contributed by atoms with Gasteiger partial charge in [-0.2, -0.15) is 4.80 Å². The van der Waals surface area contributed by atoms with Gasteiger partial charge in [-0.1, -0.05) is 30.3 Å². The largest absolute Gasteiger partial charge is 0.560 e. The molecule has 0 aliphatic carbocycles. The molecule has 0 radical (unpaired) electrons. The van der Waals surface area contributed by atoms with Crippen LogP contribution in [-0.4, -0.2) is 36.2 Å². The summed E-state index contributed by atoms with van der Waals surface area (Å²) < 4.78 is 0. The van der Waals surface area contributed by atoms with Crippen molar-refractivity contribution in [3.8, 4) is 0 Å². The van der Waals surface area contributed by atoms with Gasteiger partial charge >= 0.3 is 16.0 Å². The first-order valence-electron chi connectivity index (χ1n) is 5.38. The van der Waals surface area contributed by atoms with Crippen molar-refractivity contribution in [2.24, 2.45) is 0 Å². The van der Waals surface area contributed by atoms with Crippen molar-refractivity contribution in [2.75, 3.05) is 0 Å². The molecule has 98 valence electrons. The van der Waals surface area contributed by atoms with Crippen LogP contribution in [0.2, 0.25) is 5.02 Å². The van der Waals surface area contributed by atoms with E-state index in [1.807, 2.05) is 18.2 Å². The SMILES string of the molecule is C=Cc1ccc(Cl)cc1Cn1nnc(C)n1.[Br][Mg][Br]. The van der Waals surface area contributed by atoms with Gasteiger partial charge in [0, 0.05) is 5.02 Å². The molecule has 0 amide bonds. The fourth-order valence-electron chi connectivity index (χ4n) is 1.45. The van der Waals surface area contributed by atoms with Crippen LogP contribution in [0.3, 0.4) is 0 Å².